The predicted molar refractivity (Wildman–Crippen MR) is 84.4 cm³/mol. The third-order valence-electron chi connectivity index (χ3n) is 3.16. The molecule has 0 fully saturated rings. The highest BCUT2D eigenvalue weighted by Crippen LogP contribution is 2.33. The minimum absolute atomic E-state index is 0.195. The van der Waals surface area contributed by atoms with Gasteiger partial charge in [-0.3, -0.25) is 0 Å². The van der Waals surface area contributed by atoms with E-state index in [1.807, 2.05) is 44.1 Å². The van der Waals surface area contributed by atoms with Gasteiger partial charge in [0.2, 0.25) is 5.95 Å². The van der Waals surface area contributed by atoms with E-state index in [9.17, 15) is 0 Å². The van der Waals surface area contributed by atoms with Crippen molar-refractivity contribution in [2.75, 3.05) is 36.2 Å². The maximum atomic E-state index is 6.08. The monoisotopic (exact) mass is 272 g/mol. The summed E-state index contributed by atoms with van der Waals surface area (Å²) in [6.07, 6.45) is 0.724. The molecular formula is C14H20N6. The van der Waals surface area contributed by atoms with Gasteiger partial charge in [0.05, 0.1) is 17.1 Å². The summed E-state index contributed by atoms with van der Waals surface area (Å²) in [5, 5.41) is 0. The van der Waals surface area contributed by atoms with E-state index in [0.717, 1.165) is 28.9 Å². The molecule has 1 heterocycles. The molecule has 6 nitrogen and oxygen atoms in total. The van der Waals surface area contributed by atoms with Crippen LogP contribution in [0.3, 0.4) is 0 Å². The van der Waals surface area contributed by atoms with Gasteiger partial charge in [-0.25, -0.2) is 4.98 Å². The van der Waals surface area contributed by atoms with Crippen LogP contribution in [0.5, 0.6) is 0 Å². The van der Waals surface area contributed by atoms with Crippen LogP contribution in [-0.4, -0.2) is 24.1 Å². The molecule has 0 aliphatic carbocycles. The van der Waals surface area contributed by atoms with Crippen molar-refractivity contribution in [1.29, 1.82) is 0 Å². The van der Waals surface area contributed by atoms with Crippen molar-refractivity contribution in [3.05, 3.63) is 23.9 Å². The molecule has 0 amide bonds. The highest BCUT2D eigenvalue weighted by atomic mass is 15.1. The van der Waals surface area contributed by atoms with Crippen LogP contribution in [-0.2, 0) is 6.42 Å². The molecule has 0 saturated carbocycles. The van der Waals surface area contributed by atoms with Crippen molar-refractivity contribution >= 4 is 23.1 Å². The molecule has 6 heteroatoms. The average Bonchev–Trinajstić information content (AvgIpc) is 2.37. The van der Waals surface area contributed by atoms with Crippen LogP contribution in [0, 0.1) is 0 Å². The summed E-state index contributed by atoms with van der Waals surface area (Å²) in [7, 11) is 3.90. The molecular weight excluding hydrogens is 252 g/mol. The van der Waals surface area contributed by atoms with E-state index in [1.165, 1.54) is 0 Å². The molecule has 0 bridgehead atoms. The van der Waals surface area contributed by atoms with Gasteiger partial charge >= 0.3 is 0 Å². The van der Waals surface area contributed by atoms with Crippen LogP contribution in [0.4, 0.5) is 23.1 Å². The minimum atomic E-state index is 0.195. The second-order valence-electron chi connectivity index (χ2n) is 4.81. The fourth-order valence-corrected chi connectivity index (χ4v) is 2.23. The number of nitrogen functional groups attached to an aromatic ring is 3. The average molecular weight is 272 g/mol. The molecule has 0 atom stereocenters. The second-order valence-corrected chi connectivity index (χ2v) is 4.81. The van der Waals surface area contributed by atoms with Gasteiger partial charge in [-0.15, -0.1) is 0 Å². The summed E-state index contributed by atoms with van der Waals surface area (Å²) < 4.78 is 0. The van der Waals surface area contributed by atoms with Gasteiger partial charge in [-0.05, 0) is 24.1 Å². The second kappa shape index (κ2) is 5.24. The van der Waals surface area contributed by atoms with Crippen LogP contribution in [0.1, 0.15) is 12.6 Å². The zero-order chi connectivity index (χ0) is 14.9. The molecule has 0 saturated heterocycles. The summed E-state index contributed by atoms with van der Waals surface area (Å²) in [6.45, 7) is 2.00. The Balaban J connectivity index is 2.60. The first kappa shape index (κ1) is 13.9. The first-order valence-corrected chi connectivity index (χ1v) is 6.43. The summed E-state index contributed by atoms with van der Waals surface area (Å²) in [6, 6.07) is 5.82. The van der Waals surface area contributed by atoms with Gasteiger partial charge in [0.1, 0.15) is 5.82 Å². The molecule has 0 spiro atoms. The molecule has 1 aromatic heterocycles. The fraction of sp³-hybridized carbons (Fsp3) is 0.286. The molecule has 2 aromatic rings. The van der Waals surface area contributed by atoms with Crippen LogP contribution in [0.25, 0.3) is 11.1 Å². The number of hydrogen-bond donors (Lipinski definition) is 3. The van der Waals surface area contributed by atoms with Crippen LogP contribution in [0.15, 0.2) is 18.2 Å². The van der Waals surface area contributed by atoms with E-state index in [2.05, 4.69) is 9.97 Å². The van der Waals surface area contributed by atoms with E-state index in [-0.39, 0.29) is 5.95 Å². The Morgan fingerprint density at radius 1 is 1.10 bits per heavy atom. The van der Waals surface area contributed by atoms with Crippen LogP contribution >= 0.6 is 0 Å². The van der Waals surface area contributed by atoms with Gasteiger partial charge in [-0.1, -0.05) is 13.0 Å². The molecule has 106 valence electrons. The summed E-state index contributed by atoms with van der Waals surface area (Å²) in [5.74, 6) is 0.576. The number of anilines is 4. The van der Waals surface area contributed by atoms with Crippen molar-refractivity contribution in [2.24, 2.45) is 0 Å². The topological polar surface area (TPSA) is 107 Å². The first-order valence-electron chi connectivity index (χ1n) is 6.43. The fourth-order valence-electron chi connectivity index (χ4n) is 2.23. The smallest absolute Gasteiger partial charge is 0.222 e. The number of benzene rings is 1. The lowest BCUT2D eigenvalue weighted by Gasteiger charge is -2.17. The highest BCUT2D eigenvalue weighted by molar-refractivity contribution is 5.82. The first-order chi connectivity index (χ1) is 9.43. The van der Waals surface area contributed by atoms with Gasteiger partial charge in [0.25, 0.3) is 0 Å². The summed E-state index contributed by atoms with van der Waals surface area (Å²) in [4.78, 5) is 10.3. The number of nitrogens with zero attached hydrogens (tertiary/aromatic N) is 3. The summed E-state index contributed by atoms with van der Waals surface area (Å²) in [5.41, 5.74) is 21.9. The van der Waals surface area contributed by atoms with Gasteiger partial charge in [0.15, 0.2) is 0 Å². The number of aryl methyl sites for hydroxylation is 1. The lowest BCUT2D eigenvalue weighted by molar-refractivity contribution is 1.02. The third kappa shape index (κ3) is 2.45. The van der Waals surface area contributed by atoms with Crippen LogP contribution < -0.4 is 22.1 Å². The third-order valence-corrected chi connectivity index (χ3v) is 3.16. The quantitative estimate of drug-likeness (QED) is 0.731. The molecule has 0 radical (unpaired) electrons. The van der Waals surface area contributed by atoms with E-state index in [4.69, 9.17) is 17.2 Å². The molecule has 1 aromatic carbocycles. The molecule has 0 unspecified atom stereocenters. The van der Waals surface area contributed by atoms with E-state index < -0.39 is 0 Å². The lowest BCUT2D eigenvalue weighted by atomic mass is 10.0. The number of hydrogen-bond acceptors (Lipinski definition) is 6. The normalized spacial score (nSPS) is 10.6. The Morgan fingerprint density at radius 2 is 1.80 bits per heavy atom. The van der Waals surface area contributed by atoms with Crippen LogP contribution in [0.2, 0.25) is 0 Å². The molecule has 6 N–H and O–H groups in total. The van der Waals surface area contributed by atoms with Gasteiger partial charge in [-0.2, -0.15) is 4.98 Å². The highest BCUT2D eigenvalue weighted by Gasteiger charge is 2.14. The molecule has 0 aliphatic rings. The van der Waals surface area contributed by atoms with Crippen molar-refractivity contribution in [3.8, 4) is 11.1 Å². The minimum Gasteiger partial charge on any atom is -0.397 e. The maximum absolute atomic E-state index is 6.08. The van der Waals surface area contributed by atoms with Gasteiger partial charge < -0.3 is 22.1 Å². The van der Waals surface area contributed by atoms with E-state index >= 15 is 0 Å². The Bertz CT molecular complexity index is 636. The van der Waals surface area contributed by atoms with Crippen molar-refractivity contribution in [2.45, 2.75) is 13.3 Å². The zero-order valence-corrected chi connectivity index (χ0v) is 12.0. The van der Waals surface area contributed by atoms with E-state index in [0.29, 0.717) is 11.5 Å². The lowest BCUT2D eigenvalue weighted by Crippen LogP contribution is -2.11. The largest absolute Gasteiger partial charge is 0.397 e. The standard InChI is InChI=1S/C14H20N6/c1-4-10-12(13(16)19-14(17)18-10)8-5-6-11(20(2)3)9(15)7-8/h5-7H,4,15H2,1-3H3,(H4,16,17,18,19). The van der Waals surface area contributed by atoms with E-state index in [1.54, 1.807) is 0 Å². The summed E-state index contributed by atoms with van der Waals surface area (Å²) >= 11 is 0. The van der Waals surface area contributed by atoms with Gasteiger partial charge in [0, 0.05) is 19.7 Å². The zero-order valence-electron chi connectivity index (χ0n) is 12.0. The number of nitrogens with two attached hydrogens (primary N) is 3. The van der Waals surface area contributed by atoms with Crippen molar-refractivity contribution in [3.63, 3.8) is 0 Å². The Labute approximate surface area is 118 Å². The maximum Gasteiger partial charge on any atom is 0.222 e. The molecule has 20 heavy (non-hydrogen) atoms. The predicted octanol–water partition coefficient (Wildman–Crippen LogP) is 1.52. The molecule has 2 rings (SSSR count). The Hall–Kier alpha value is -2.50. The Kier molecular flexibility index (Phi) is 3.65. The van der Waals surface area contributed by atoms with Crippen molar-refractivity contribution in [1.82, 2.24) is 9.97 Å². The van der Waals surface area contributed by atoms with Crippen molar-refractivity contribution < 1.29 is 0 Å². The Morgan fingerprint density at radius 3 is 2.35 bits per heavy atom. The molecule has 0 aliphatic heterocycles. The number of rotatable bonds is 3. The SMILES string of the molecule is CCc1nc(N)nc(N)c1-c1ccc(N(C)C)c(N)c1. The number of aromatic nitrogens is 2.